The minimum Gasteiger partial charge on any atom is -0.497 e. The van der Waals surface area contributed by atoms with Gasteiger partial charge in [-0.1, -0.05) is 23.7 Å². The van der Waals surface area contributed by atoms with Gasteiger partial charge in [0.05, 0.1) is 30.1 Å². The Hall–Kier alpha value is -3.56. The van der Waals surface area contributed by atoms with Gasteiger partial charge in [0.25, 0.3) is 5.91 Å². The molecule has 35 heavy (non-hydrogen) atoms. The number of nitrogens with zero attached hydrogens (tertiary/aromatic N) is 2. The van der Waals surface area contributed by atoms with Crippen molar-refractivity contribution in [2.45, 2.75) is 18.3 Å². The van der Waals surface area contributed by atoms with E-state index in [0.717, 1.165) is 17.0 Å². The molecule has 5 rings (SSSR count). The van der Waals surface area contributed by atoms with Crippen LogP contribution in [0.25, 0.3) is 0 Å². The van der Waals surface area contributed by atoms with Gasteiger partial charge in [-0.3, -0.25) is 14.4 Å². The van der Waals surface area contributed by atoms with E-state index in [9.17, 15) is 22.8 Å². The average molecular weight is 503 g/mol. The summed E-state index contributed by atoms with van der Waals surface area (Å²) in [5.41, 5.74) is 0.440. The standard InChI is InChI=1S/C25H18ClF3N2O4/c1-34-19-12-10-17(11-13-19)30-23(32)20-21(14-2-4-15(5-3-14)25(27,28)29)31(35-22(20)24(30)33)18-8-6-16(26)7-9-18/h2-13,20-22H,1H3/t20-,21+,22-/m1/s1. The summed E-state index contributed by atoms with van der Waals surface area (Å²) in [6.07, 6.45) is -5.65. The van der Waals surface area contributed by atoms with Gasteiger partial charge < -0.3 is 4.74 Å². The number of halogens is 4. The summed E-state index contributed by atoms with van der Waals surface area (Å²) in [6.45, 7) is 0. The molecule has 2 heterocycles. The largest absolute Gasteiger partial charge is 0.497 e. The predicted molar refractivity (Wildman–Crippen MR) is 122 cm³/mol. The average Bonchev–Trinajstić information content (AvgIpc) is 3.35. The Labute approximate surface area is 203 Å². The van der Waals surface area contributed by atoms with Crippen molar-refractivity contribution in [1.82, 2.24) is 0 Å². The van der Waals surface area contributed by atoms with Crippen LogP contribution in [0, 0.1) is 5.92 Å². The van der Waals surface area contributed by atoms with Crippen molar-refractivity contribution >= 4 is 34.8 Å². The normalized spacial score (nSPS) is 22.0. The molecule has 2 fully saturated rings. The van der Waals surface area contributed by atoms with Crippen LogP contribution in [-0.2, 0) is 20.6 Å². The molecule has 2 saturated heterocycles. The molecular formula is C25H18ClF3N2O4. The Morgan fingerprint density at radius 2 is 1.46 bits per heavy atom. The summed E-state index contributed by atoms with van der Waals surface area (Å²) in [5, 5.41) is 1.87. The zero-order chi connectivity index (χ0) is 24.9. The lowest BCUT2D eigenvalue weighted by Crippen LogP contribution is -2.37. The molecule has 2 aliphatic heterocycles. The second kappa shape index (κ2) is 8.58. The molecule has 2 aliphatic rings. The number of rotatable bonds is 4. The second-order valence-electron chi connectivity index (χ2n) is 8.13. The number of alkyl halides is 3. The lowest BCUT2D eigenvalue weighted by Gasteiger charge is -2.29. The number of carbonyl (C=O) groups is 2. The zero-order valence-corrected chi connectivity index (χ0v) is 19.0. The Bertz CT molecular complexity index is 1260. The molecule has 0 unspecified atom stereocenters. The zero-order valence-electron chi connectivity index (χ0n) is 18.2. The van der Waals surface area contributed by atoms with Gasteiger partial charge in [-0.25, -0.2) is 9.96 Å². The molecule has 6 nitrogen and oxygen atoms in total. The number of carbonyl (C=O) groups excluding carboxylic acids is 2. The maximum atomic E-state index is 13.6. The van der Waals surface area contributed by atoms with Gasteiger partial charge in [-0.05, 0) is 66.2 Å². The molecule has 0 radical (unpaired) electrons. The highest BCUT2D eigenvalue weighted by Gasteiger charge is 2.60. The van der Waals surface area contributed by atoms with Crippen LogP contribution in [0.15, 0.2) is 72.8 Å². The Morgan fingerprint density at radius 3 is 2.03 bits per heavy atom. The number of hydrogen-bond acceptors (Lipinski definition) is 5. The molecule has 0 saturated carbocycles. The van der Waals surface area contributed by atoms with Gasteiger partial charge in [0.1, 0.15) is 11.7 Å². The van der Waals surface area contributed by atoms with Crippen LogP contribution in [0.4, 0.5) is 24.5 Å². The van der Waals surface area contributed by atoms with Crippen LogP contribution in [0.2, 0.25) is 5.02 Å². The molecule has 2 amide bonds. The first-order valence-electron chi connectivity index (χ1n) is 10.6. The summed E-state index contributed by atoms with van der Waals surface area (Å²) in [5.74, 6) is -1.48. The van der Waals surface area contributed by atoms with Gasteiger partial charge in [-0.2, -0.15) is 13.2 Å². The van der Waals surface area contributed by atoms with E-state index < -0.39 is 41.6 Å². The van der Waals surface area contributed by atoms with Crippen molar-refractivity contribution in [1.29, 1.82) is 0 Å². The molecule has 0 N–H and O–H groups in total. The van der Waals surface area contributed by atoms with E-state index in [1.807, 2.05) is 0 Å². The number of amides is 2. The van der Waals surface area contributed by atoms with Crippen LogP contribution in [-0.4, -0.2) is 25.0 Å². The van der Waals surface area contributed by atoms with E-state index in [1.165, 1.54) is 24.3 Å². The van der Waals surface area contributed by atoms with E-state index in [-0.39, 0.29) is 0 Å². The van der Waals surface area contributed by atoms with Crippen molar-refractivity contribution in [2.24, 2.45) is 5.92 Å². The summed E-state index contributed by atoms with van der Waals surface area (Å²) < 4.78 is 44.5. The number of methoxy groups -OCH3 is 1. The summed E-state index contributed by atoms with van der Waals surface area (Å²) in [4.78, 5) is 33.9. The molecule has 3 atom stereocenters. The maximum Gasteiger partial charge on any atom is 0.416 e. The van der Waals surface area contributed by atoms with Gasteiger partial charge >= 0.3 is 6.18 Å². The topological polar surface area (TPSA) is 59.1 Å². The predicted octanol–water partition coefficient (Wildman–Crippen LogP) is 5.42. The van der Waals surface area contributed by atoms with Crippen molar-refractivity contribution in [2.75, 3.05) is 17.1 Å². The van der Waals surface area contributed by atoms with Gasteiger partial charge in [0, 0.05) is 5.02 Å². The van der Waals surface area contributed by atoms with Gasteiger partial charge in [0.15, 0.2) is 6.10 Å². The molecule has 0 aliphatic carbocycles. The summed E-state index contributed by atoms with van der Waals surface area (Å²) >= 11 is 5.99. The highest BCUT2D eigenvalue weighted by atomic mass is 35.5. The van der Waals surface area contributed by atoms with Crippen LogP contribution in [0.5, 0.6) is 5.75 Å². The number of fused-ring (bicyclic) bond motifs is 1. The van der Waals surface area contributed by atoms with E-state index in [0.29, 0.717) is 27.7 Å². The van der Waals surface area contributed by atoms with Crippen molar-refractivity contribution in [3.05, 3.63) is 88.9 Å². The lowest BCUT2D eigenvalue weighted by atomic mass is 9.90. The third-order valence-corrected chi connectivity index (χ3v) is 6.36. The highest BCUT2D eigenvalue weighted by Crippen LogP contribution is 2.48. The minimum atomic E-state index is -4.51. The Kier molecular flexibility index (Phi) is 5.69. The fraction of sp³-hybridized carbons (Fsp3) is 0.200. The van der Waals surface area contributed by atoms with Crippen LogP contribution in [0.1, 0.15) is 17.2 Å². The molecule has 0 spiro atoms. The molecule has 0 aromatic heterocycles. The molecule has 3 aromatic carbocycles. The molecule has 180 valence electrons. The SMILES string of the molecule is COc1ccc(N2C(=O)[C@H]3[C@@H](ON(c4ccc(Cl)cc4)[C@H]3c3ccc(C(F)(F)F)cc3)C2=O)cc1. The smallest absolute Gasteiger partial charge is 0.416 e. The number of imide groups is 1. The quantitative estimate of drug-likeness (QED) is 0.446. The second-order valence-corrected chi connectivity index (χ2v) is 8.56. The van der Waals surface area contributed by atoms with E-state index in [1.54, 1.807) is 48.5 Å². The highest BCUT2D eigenvalue weighted by molar-refractivity contribution is 6.30. The summed E-state index contributed by atoms with van der Waals surface area (Å²) in [6, 6.07) is 16.6. The van der Waals surface area contributed by atoms with E-state index >= 15 is 0 Å². The van der Waals surface area contributed by atoms with E-state index in [4.69, 9.17) is 21.2 Å². The van der Waals surface area contributed by atoms with Crippen molar-refractivity contribution in [3.8, 4) is 5.75 Å². The molecular weight excluding hydrogens is 485 g/mol. The summed E-state index contributed by atoms with van der Waals surface area (Å²) in [7, 11) is 1.50. The van der Waals surface area contributed by atoms with Crippen molar-refractivity contribution in [3.63, 3.8) is 0 Å². The van der Waals surface area contributed by atoms with Gasteiger partial charge in [0.2, 0.25) is 5.91 Å². The number of ether oxygens (including phenoxy) is 1. The Balaban J connectivity index is 1.55. The Morgan fingerprint density at radius 1 is 0.857 bits per heavy atom. The fourth-order valence-electron chi connectivity index (χ4n) is 4.42. The molecule has 3 aromatic rings. The van der Waals surface area contributed by atoms with Crippen LogP contribution >= 0.6 is 11.6 Å². The van der Waals surface area contributed by atoms with Gasteiger partial charge in [-0.15, -0.1) is 0 Å². The lowest BCUT2D eigenvalue weighted by molar-refractivity contribution is -0.137. The third-order valence-electron chi connectivity index (χ3n) is 6.11. The third kappa shape index (κ3) is 4.00. The molecule has 10 heteroatoms. The van der Waals surface area contributed by atoms with E-state index in [2.05, 4.69) is 0 Å². The number of anilines is 2. The first-order valence-corrected chi connectivity index (χ1v) is 11.0. The maximum absolute atomic E-state index is 13.6. The van der Waals surface area contributed by atoms with Crippen molar-refractivity contribution < 1.29 is 32.3 Å². The minimum absolute atomic E-state index is 0.350. The number of hydroxylamine groups is 1. The fourth-order valence-corrected chi connectivity index (χ4v) is 4.55. The number of hydrogen-bond donors (Lipinski definition) is 0. The molecule has 0 bridgehead atoms. The van der Waals surface area contributed by atoms with Crippen LogP contribution < -0.4 is 14.7 Å². The first-order chi connectivity index (χ1) is 16.7. The monoisotopic (exact) mass is 502 g/mol. The van der Waals surface area contributed by atoms with Crippen LogP contribution in [0.3, 0.4) is 0 Å². The number of benzene rings is 3. The first kappa shape index (κ1) is 23.2.